The molecule has 3 rings (SSSR count). The van der Waals surface area contributed by atoms with Gasteiger partial charge in [0.2, 0.25) is 11.8 Å². The first kappa shape index (κ1) is 16.7. The van der Waals surface area contributed by atoms with Crippen LogP contribution in [0.3, 0.4) is 0 Å². The van der Waals surface area contributed by atoms with Crippen LogP contribution < -0.4 is 21.7 Å². The maximum absolute atomic E-state index is 12.5. The smallest absolute Gasteiger partial charge is 0.251 e. The molecular formula is C18H18N4O3. The molecule has 0 aromatic heterocycles. The van der Waals surface area contributed by atoms with Gasteiger partial charge in [-0.1, -0.05) is 12.1 Å². The Morgan fingerprint density at radius 1 is 1.16 bits per heavy atom. The molecule has 0 radical (unpaired) electrons. The number of primary amides is 1. The lowest BCUT2D eigenvalue weighted by molar-refractivity contribution is -0.121. The topological polar surface area (TPSA) is 119 Å². The van der Waals surface area contributed by atoms with E-state index in [-0.39, 0.29) is 18.2 Å². The predicted octanol–water partition coefficient (Wildman–Crippen LogP) is 0.789. The van der Waals surface area contributed by atoms with Gasteiger partial charge in [0.25, 0.3) is 5.91 Å². The van der Waals surface area contributed by atoms with Crippen LogP contribution in [0.5, 0.6) is 0 Å². The van der Waals surface area contributed by atoms with Gasteiger partial charge in [0.05, 0.1) is 18.2 Å². The fraction of sp³-hybridized carbons (Fsp3) is 0.167. The number of rotatable bonds is 5. The van der Waals surface area contributed by atoms with Gasteiger partial charge >= 0.3 is 0 Å². The maximum Gasteiger partial charge on any atom is 0.251 e. The van der Waals surface area contributed by atoms with E-state index in [0.717, 1.165) is 10.5 Å². The summed E-state index contributed by atoms with van der Waals surface area (Å²) in [6.45, 7) is 0.434. The first-order valence-corrected chi connectivity index (χ1v) is 7.80. The van der Waals surface area contributed by atoms with E-state index in [1.165, 1.54) is 24.3 Å². The van der Waals surface area contributed by atoms with E-state index in [4.69, 9.17) is 11.5 Å². The standard InChI is InChI=1S/C18H18N4O3/c19-13-3-1-2-11(8-13)10-21-15-9-16(23)22(18(15)25)14-6-4-12(5-7-14)17(20)24/h1-8,15,21H,9-10,19H2,(H2,20,24). The number of anilines is 2. The highest BCUT2D eigenvalue weighted by Gasteiger charge is 2.39. The predicted molar refractivity (Wildman–Crippen MR) is 93.6 cm³/mol. The molecule has 25 heavy (non-hydrogen) atoms. The Labute approximate surface area is 144 Å². The Bertz CT molecular complexity index is 832. The molecule has 128 valence electrons. The zero-order valence-electron chi connectivity index (χ0n) is 13.4. The molecule has 1 heterocycles. The molecule has 1 fully saturated rings. The Hall–Kier alpha value is -3.19. The molecule has 7 nitrogen and oxygen atoms in total. The summed E-state index contributed by atoms with van der Waals surface area (Å²) in [6, 6.07) is 12.8. The summed E-state index contributed by atoms with van der Waals surface area (Å²) in [6.07, 6.45) is 0.0821. The Balaban J connectivity index is 1.70. The molecule has 7 heteroatoms. The number of imide groups is 1. The lowest BCUT2D eigenvalue weighted by Gasteiger charge is -2.16. The van der Waals surface area contributed by atoms with E-state index in [1.54, 1.807) is 6.07 Å². The van der Waals surface area contributed by atoms with E-state index in [0.29, 0.717) is 23.5 Å². The third kappa shape index (κ3) is 3.51. The average molecular weight is 338 g/mol. The van der Waals surface area contributed by atoms with E-state index >= 15 is 0 Å². The maximum atomic E-state index is 12.5. The number of benzene rings is 2. The second kappa shape index (κ2) is 6.74. The summed E-state index contributed by atoms with van der Waals surface area (Å²) in [5.41, 5.74) is 13.2. The molecule has 1 atom stereocenters. The number of nitrogens with two attached hydrogens (primary N) is 2. The van der Waals surface area contributed by atoms with Crippen LogP contribution in [0.15, 0.2) is 48.5 Å². The molecule has 2 aromatic rings. The average Bonchev–Trinajstić information content (AvgIpc) is 2.87. The summed E-state index contributed by atoms with van der Waals surface area (Å²) in [7, 11) is 0. The van der Waals surface area contributed by atoms with Crippen molar-refractivity contribution in [2.75, 3.05) is 10.6 Å². The van der Waals surface area contributed by atoms with Gasteiger partial charge in [-0.05, 0) is 42.0 Å². The largest absolute Gasteiger partial charge is 0.399 e. The molecule has 0 aliphatic carbocycles. The highest BCUT2D eigenvalue weighted by atomic mass is 16.2. The van der Waals surface area contributed by atoms with Crippen LogP contribution in [-0.4, -0.2) is 23.8 Å². The summed E-state index contributed by atoms with van der Waals surface area (Å²) >= 11 is 0. The van der Waals surface area contributed by atoms with Crippen molar-refractivity contribution in [3.05, 3.63) is 59.7 Å². The van der Waals surface area contributed by atoms with Gasteiger partial charge in [-0.2, -0.15) is 0 Å². The Morgan fingerprint density at radius 3 is 2.52 bits per heavy atom. The number of hydrogen-bond donors (Lipinski definition) is 3. The van der Waals surface area contributed by atoms with Crippen molar-refractivity contribution in [2.24, 2.45) is 5.73 Å². The molecule has 0 spiro atoms. The molecule has 2 aromatic carbocycles. The number of nitrogen functional groups attached to an aromatic ring is 1. The van der Waals surface area contributed by atoms with Crippen molar-refractivity contribution in [3.63, 3.8) is 0 Å². The molecule has 3 amide bonds. The summed E-state index contributed by atoms with van der Waals surface area (Å²) < 4.78 is 0. The van der Waals surface area contributed by atoms with Crippen molar-refractivity contribution in [2.45, 2.75) is 19.0 Å². The molecule has 5 N–H and O–H groups in total. The number of hydrogen-bond acceptors (Lipinski definition) is 5. The van der Waals surface area contributed by atoms with E-state index < -0.39 is 11.9 Å². The van der Waals surface area contributed by atoms with Crippen LogP contribution in [0, 0.1) is 0 Å². The highest BCUT2D eigenvalue weighted by molar-refractivity contribution is 6.22. The van der Waals surface area contributed by atoms with E-state index in [2.05, 4.69) is 5.32 Å². The fourth-order valence-corrected chi connectivity index (χ4v) is 2.78. The monoisotopic (exact) mass is 338 g/mol. The van der Waals surface area contributed by atoms with Gasteiger partial charge in [0, 0.05) is 17.8 Å². The minimum absolute atomic E-state index is 0.0821. The SMILES string of the molecule is NC(=O)c1ccc(N2C(=O)CC(NCc3cccc(N)c3)C2=O)cc1. The third-order valence-electron chi connectivity index (χ3n) is 4.06. The number of carbonyl (C=O) groups is 3. The third-order valence-corrected chi connectivity index (χ3v) is 4.06. The van der Waals surface area contributed by atoms with E-state index in [9.17, 15) is 14.4 Å². The van der Waals surface area contributed by atoms with Crippen LogP contribution >= 0.6 is 0 Å². The van der Waals surface area contributed by atoms with E-state index in [1.807, 2.05) is 18.2 Å². The number of nitrogens with zero attached hydrogens (tertiary/aromatic N) is 1. The Morgan fingerprint density at radius 2 is 1.88 bits per heavy atom. The van der Waals surface area contributed by atoms with Gasteiger partial charge in [-0.15, -0.1) is 0 Å². The van der Waals surface area contributed by atoms with Crippen LogP contribution in [0.1, 0.15) is 22.3 Å². The van der Waals surface area contributed by atoms with Gasteiger partial charge in [-0.3, -0.25) is 14.4 Å². The first-order valence-electron chi connectivity index (χ1n) is 7.80. The molecule has 0 saturated carbocycles. The van der Waals surface area contributed by atoms with Crippen LogP contribution in [-0.2, 0) is 16.1 Å². The van der Waals surface area contributed by atoms with Crippen molar-refractivity contribution in [3.8, 4) is 0 Å². The molecule has 0 bridgehead atoms. The van der Waals surface area contributed by atoms with Crippen molar-refractivity contribution >= 4 is 29.1 Å². The number of nitrogens with one attached hydrogen (secondary N) is 1. The lowest BCUT2D eigenvalue weighted by Crippen LogP contribution is -2.38. The summed E-state index contributed by atoms with van der Waals surface area (Å²) in [5.74, 6) is -1.17. The minimum atomic E-state index is -0.593. The zero-order chi connectivity index (χ0) is 18.0. The minimum Gasteiger partial charge on any atom is -0.399 e. The van der Waals surface area contributed by atoms with Crippen LogP contribution in [0.4, 0.5) is 11.4 Å². The Kier molecular flexibility index (Phi) is 4.49. The summed E-state index contributed by atoms with van der Waals surface area (Å²) in [4.78, 5) is 37.0. The lowest BCUT2D eigenvalue weighted by atomic mass is 10.1. The number of carbonyl (C=O) groups excluding carboxylic acids is 3. The normalized spacial score (nSPS) is 17.1. The van der Waals surface area contributed by atoms with Crippen LogP contribution in [0.2, 0.25) is 0 Å². The highest BCUT2D eigenvalue weighted by Crippen LogP contribution is 2.23. The second-order valence-electron chi connectivity index (χ2n) is 5.86. The van der Waals surface area contributed by atoms with Crippen LogP contribution in [0.25, 0.3) is 0 Å². The van der Waals surface area contributed by atoms with Gasteiger partial charge in [-0.25, -0.2) is 4.90 Å². The first-order chi connectivity index (χ1) is 12.0. The molecular weight excluding hydrogens is 320 g/mol. The molecule has 1 aliphatic heterocycles. The second-order valence-corrected chi connectivity index (χ2v) is 5.86. The fourth-order valence-electron chi connectivity index (χ4n) is 2.78. The van der Waals surface area contributed by atoms with Gasteiger partial charge < -0.3 is 16.8 Å². The van der Waals surface area contributed by atoms with Crippen molar-refractivity contribution < 1.29 is 14.4 Å². The van der Waals surface area contributed by atoms with Crippen molar-refractivity contribution in [1.82, 2.24) is 5.32 Å². The van der Waals surface area contributed by atoms with Gasteiger partial charge in [0.1, 0.15) is 0 Å². The molecule has 1 unspecified atom stereocenters. The summed E-state index contributed by atoms with van der Waals surface area (Å²) in [5, 5.41) is 3.09. The quantitative estimate of drug-likeness (QED) is 0.550. The van der Waals surface area contributed by atoms with Crippen molar-refractivity contribution in [1.29, 1.82) is 0 Å². The molecule has 1 aliphatic rings. The number of amides is 3. The zero-order valence-corrected chi connectivity index (χ0v) is 13.4. The molecule has 1 saturated heterocycles. The van der Waals surface area contributed by atoms with Gasteiger partial charge in [0.15, 0.2) is 0 Å².